The molecular formula is C26H22FNO4. The zero-order chi connectivity index (χ0) is 22.5. The Labute approximate surface area is 185 Å². The van der Waals surface area contributed by atoms with Crippen LogP contribution in [0.3, 0.4) is 0 Å². The first-order valence-electron chi connectivity index (χ1n) is 10.1. The summed E-state index contributed by atoms with van der Waals surface area (Å²) in [5.74, 6) is 2.13. The van der Waals surface area contributed by atoms with Gasteiger partial charge in [-0.05, 0) is 47.5 Å². The molecule has 6 heteroatoms. The van der Waals surface area contributed by atoms with Crippen LogP contribution in [0.4, 0.5) is 4.39 Å². The number of carbonyl (C=O) groups excluding carboxylic acids is 1. The van der Waals surface area contributed by atoms with Crippen LogP contribution in [-0.2, 0) is 17.6 Å². The lowest BCUT2D eigenvalue weighted by Crippen LogP contribution is -2.06. The fraction of sp³-hybridized carbons (Fsp3) is 0.154. The molecule has 0 unspecified atom stereocenters. The molecule has 0 aliphatic heterocycles. The molecule has 5 nitrogen and oxygen atoms in total. The third kappa shape index (κ3) is 4.86. The zero-order valence-electron chi connectivity index (χ0n) is 17.8. The summed E-state index contributed by atoms with van der Waals surface area (Å²) in [6.07, 6.45) is 2.14. The zero-order valence-corrected chi connectivity index (χ0v) is 17.8. The van der Waals surface area contributed by atoms with Gasteiger partial charge < -0.3 is 14.2 Å². The molecule has 0 atom stereocenters. The fourth-order valence-corrected chi connectivity index (χ4v) is 3.50. The molecule has 1 aromatic heterocycles. The number of ketones is 1. The molecule has 0 fully saturated rings. The van der Waals surface area contributed by atoms with Crippen LogP contribution in [0.5, 0.6) is 23.0 Å². The highest BCUT2D eigenvalue weighted by Gasteiger charge is 2.12. The van der Waals surface area contributed by atoms with Crippen molar-refractivity contribution in [1.82, 2.24) is 4.98 Å². The summed E-state index contributed by atoms with van der Waals surface area (Å²) in [4.78, 5) is 16.7. The normalized spacial score (nSPS) is 10.7. The molecule has 0 aliphatic carbocycles. The number of hydrogen-bond donors (Lipinski definition) is 0. The third-order valence-electron chi connectivity index (χ3n) is 5.05. The van der Waals surface area contributed by atoms with Crippen LogP contribution in [0.15, 0.2) is 72.9 Å². The molecule has 0 radical (unpaired) electrons. The van der Waals surface area contributed by atoms with Crippen molar-refractivity contribution in [1.29, 1.82) is 0 Å². The van der Waals surface area contributed by atoms with Gasteiger partial charge in [-0.15, -0.1) is 0 Å². The number of carbonyl (C=O) groups is 1. The van der Waals surface area contributed by atoms with Crippen LogP contribution in [-0.4, -0.2) is 25.0 Å². The third-order valence-corrected chi connectivity index (χ3v) is 5.05. The monoisotopic (exact) mass is 431 g/mol. The number of fused-ring (bicyclic) bond motifs is 1. The number of rotatable bonds is 8. The van der Waals surface area contributed by atoms with Crippen LogP contribution >= 0.6 is 0 Å². The van der Waals surface area contributed by atoms with Crippen LogP contribution in [0, 0.1) is 5.82 Å². The summed E-state index contributed by atoms with van der Waals surface area (Å²) in [7, 11) is 3.16. The second-order valence-corrected chi connectivity index (χ2v) is 7.30. The molecular weight excluding hydrogens is 409 g/mol. The van der Waals surface area contributed by atoms with Crippen molar-refractivity contribution in [2.24, 2.45) is 0 Å². The van der Waals surface area contributed by atoms with Gasteiger partial charge in [0.15, 0.2) is 11.5 Å². The first kappa shape index (κ1) is 21.3. The molecule has 0 aliphatic rings. The van der Waals surface area contributed by atoms with Gasteiger partial charge in [0.2, 0.25) is 0 Å². The van der Waals surface area contributed by atoms with Gasteiger partial charge >= 0.3 is 0 Å². The minimum atomic E-state index is -0.337. The molecule has 162 valence electrons. The molecule has 32 heavy (non-hydrogen) atoms. The number of Topliss-reactive ketones (excluding diaryl/α,β-unsaturated/α-hetero) is 1. The summed E-state index contributed by atoms with van der Waals surface area (Å²) in [5, 5.41) is 0.791. The molecule has 1 heterocycles. The average Bonchev–Trinajstić information content (AvgIpc) is 2.79. The van der Waals surface area contributed by atoms with Gasteiger partial charge in [-0.1, -0.05) is 24.3 Å². The van der Waals surface area contributed by atoms with E-state index in [0.717, 1.165) is 16.5 Å². The molecule has 0 amide bonds. The number of aromatic nitrogens is 1. The lowest BCUT2D eigenvalue weighted by molar-refractivity contribution is -0.117. The Kier molecular flexibility index (Phi) is 6.31. The van der Waals surface area contributed by atoms with Gasteiger partial charge in [-0.2, -0.15) is 0 Å². The summed E-state index contributed by atoms with van der Waals surface area (Å²) in [5.41, 5.74) is 2.26. The van der Waals surface area contributed by atoms with Crippen molar-refractivity contribution in [3.05, 3.63) is 89.9 Å². The van der Waals surface area contributed by atoms with Gasteiger partial charge in [-0.25, -0.2) is 4.39 Å². The van der Waals surface area contributed by atoms with E-state index < -0.39 is 0 Å². The molecule has 0 bridgehead atoms. The fourth-order valence-electron chi connectivity index (χ4n) is 3.50. The van der Waals surface area contributed by atoms with E-state index in [0.29, 0.717) is 28.6 Å². The van der Waals surface area contributed by atoms with Crippen molar-refractivity contribution in [2.45, 2.75) is 12.8 Å². The van der Waals surface area contributed by atoms with Crippen LogP contribution in [0.25, 0.3) is 10.9 Å². The maximum absolute atomic E-state index is 13.3. The van der Waals surface area contributed by atoms with E-state index in [9.17, 15) is 9.18 Å². The number of benzene rings is 3. The maximum atomic E-state index is 13.3. The van der Waals surface area contributed by atoms with Crippen molar-refractivity contribution >= 4 is 16.7 Å². The highest BCUT2D eigenvalue weighted by atomic mass is 19.1. The average molecular weight is 431 g/mol. The Morgan fingerprint density at radius 3 is 2.28 bits per heavy atom. The van der Waals surface area contributed by atoms with Gasteiger partial charge in [-0.3, -0.25) is 9.78 Å². The van der Waals surface area contributed by atoms with E-state index in [1.165, 1.54) is 12.1 Å². The predicted molar refractivity (Wildman–Crippen MR) is 120 cm³/mol. The number of hydrogen-bond acceptors (Lipinski definition) is 5. The molecule has 0 N–H and O–H groups in total. The molecule has 4 aromatic rings. The standard InChI is InChI=1S/C26H22FNO4/c1-30-25-15-22-23(16-26(25)31-2)28-11-10-24(22)32-21-8-6-17(7-9-21)13-20(29)14-18-4-3-5-19(27)12-18/h3-12,15-16H,13-14H2,1-2H3. The molecule has 0 saturated carbocycles. The molecule has 0 spiro atoms. The van der Waals surface area contributed by atoms with Crippen molar-refractivity contribution < 1.29 is 23.4 Å². The van der Waals surface area contributed by atoms with Crippen molar-refractivity contribution in [3.63, 3.8) is 0 Å². The topological polar surface area (TPSA) is 57.7 Å². The van der Waals surface area contributed by atoms with Crippen LogP contribution in [0.2, 0.25) is 0 Å². The summed E-state index contributed by atoms with van der Waals surface area (Å²) < 4.78 is 30.1. The van der Waals surface area contributed by atoms with Gasteiger partial charge in [0.25, 0.3) is 0 Å². The van der Waals surface area contributed by atoms with E-state index in [1.54, 1.807) is 44.7 Å². The lowest BCUT2D eigenvalue weighted by atomic mass is 10.0. The van der Waals surface area contributed by atoms with E-state index in [1.807, 2.05) is 30.3 Å². The number of ether oxygens (including phenoxy) is 3. The first-order chi connectivity index (χ1) is 15.6. The quantitative estimate of drug-likeness (QED) is 0.367. The van der Waals surface area contributed by atoms with Gasteiger partial charge in [0.05, 0.1) is 19.7 Å². The summed E-state index contributed by atoms with van der Waals surface area (Å²) >= 11 is 0. The van der Waals surface area contributed by atoms with E-state index >= 15 is 0 Å². The minimum Gasteiger partial charge on any atom is -0.493 e. The Balaban J connectivity index is 1.48. The lowest BCUT2D eigenvalue weighted by Gasteiger charge is -2.12. The van der Waals surface area contributed by atoms with Crippen molar-refractivity contribution in [3.8, 4) is 23.0 Å². The number of nitrogens with zero attached hydrogens (tertiary/aromatic N) is 1. The Morgan fingerprint density at radius 1 is 0.844 bits per heavy atom. The maximum Gasteiger partial charge on any atom is 0.162 e. The van der Waals surface area contributed by atoms with Gasteiger partial charge in [0, 0.05) is 30.5 Å². The SMILES string of the molecule is COc1cc2nccc(Oc3ccc(CC(=O)Cc4cccc(F)c4)cc3)c2cc1OC. The molecule has 3 aromatic carbocycles. The van der Waals surface area contributed by atoms with Crippen LogP contribution in [0.1, 0.15) is 11.1 Å². The van der Waals surface area contributed by atoms with E-state index in [2.05, 4.69) is 4.98 Å². The number of halogens is 1. The highest BCUT2D eigenvalue weighted by Crippen LogP contribution is 2.36. The smallest absolute Gasteiger partial charge is 0.162 e. The minimum absolute atomic E-state index is 0.0189. The second-order valence-electron chi connectivity index (χ2n) is 7.30. The highest BCUT2D eigenvalue weighted by molar-refractivity contribution is 5.88. The van der Waals surface area contributed by atoms with Crippen LogP contribution < -0.4 is 14.2 Å². The largest absolute Gasteiger partial charge is 0.493 e. The summed E-state index contributed by atoms with van der Waals surface area (Å²) in [6.45, 7) is 0. The summed E-state index contributed by atoms with van der Waals surface area (Å²) in [6, 6.07) is 18.9. The van der Waals surface area contributed by atoms with E-state index in [-0.39, 0.29) is 24.4 Å². The Hall–Kier alpha value is -3.93. The number of pyridine rings is 1. The molecule has 4 rings (SSSR count). The van der Waals surface area contributed by atoms with Crippen molar-refractivity contribution in [2.75, 3.05) is 14.2 Å². The van der Waals surface area contributed by atoms with Gasteiger partial charge in [0.1, 0.15) is 23.1 Å². The second kappa shape index (κ2) is 9.47. The predicted octanol–water partition coefficient (Wildman–Crippen LogP) is 5.54. The Bertz CT molecular complexity index is 1250. The number of methoxy groups -OCH3 is 2. The molecule has 0 saturated heterocycles. The van der Waals surface area contributed by atoms with E-state index in [4.69, 9.17) is 14.2 Å². The first-order valence-corrected chi connectivity index (χ1v) is 10.1. The Morgan fingerprint density at radius 2 is 1.56 bits per heavy atom.